The molecule has 0 saturated heterocycles. The molecule has 0 aromatic heterocycles. The number of benzene rings is 2. The van der Waals surface area contributed by atoms with Gasteiger partial charge in [0.25, 0.3) is 0 Å². The van der Waals surface area contributed by atoms with Crippen LogP contribution in [0.4, 0.5) is 0 Å². The van der Waals surface area contributed by atoms with Crippen molar-refractivity contribution >= 4 is 11.6 Å². The van der Waals surface area contributed by atoms with E-state index in [4.69, 9.17) is 17.3 Å². The van der Waals surface area contributed by atoms with Gasteiger partial charge in [0.15, 0.2) is 0 Å². The molecular formula is C17H20ClN. The number of hydrogen-bond donors (Lipinski definition) is 1. The number of rotatable bonds is 3. The summed E-state index contributed by atoms with van der Waals surface area (Å²) >= 11 is 6.34. The molecule has 100 valence electrons. The summed E-state index contributed by atoms with van der Waals surface area (Å²) in [5.41, 5.74) is 11.9. The Morgan fingerprint density at radius 2 is 1.63 bits per heavy atom. The summed E-state index contributed by atoms with van der Waals surface area (Å²) in [5, 5.41) is 0.802. The van der Waals surface area contributed by atoms with Crippen LogP contribution in [0.25, 0.3) is 11.1 Å². The zero-order valence-corrected chi connectivity index (χ0v) is 12.5. The maximum absolute atomic E-state index is 6.34. The molecular weight excluding hydrogens is 254 g/mol. The van der Waals surface area contributed by atoms with Crippen LogP contribution in [0.15, 0.2) is 36.4 Å². The van der Waals surface area contributed by atoms with Gasteiger partial charge in [-0.3, -0.25) is 0 Å². The molecule has 0 aliphatic heterocycles. The first-order chi connectivity index (χ1) is 9.02. The van der Waals surface area contributed by atoms with Gasteiger partial charge in [0, 0.05) is 16.6 Å². The van der Waals surface area contributed by atoms with Crippen molar-refractivity contribution in [2.24, 2.45) is 5.73 Å². The standard InChI is InChI=1S/C17H20ClN/c1-4-17(19)14-7-5-13(6-8-14)15-9-11(2)12(3)10-16(15)18/h5-10,17H,4,19H2,1-3H3. The molecule has 0 aliphatic rings. The van der Waals surface area contributed by atoms with Crippen molar-refractivity contribution in [3.05, 3.63) is 58.1 Å². The quantitative estimate of drug-likeness (QED) is 0.834. The van der Waals surface area contributed by atoms with Crippen molar-refractivity contribution in [3.63, 3.8) is 0 Å². The van der Waals surface area contributed by atoms with Crippen molar-refractivity contribution < 1.29 is 0 Å². The summed E-state index contributed by atoms with van der Waals surface area (Å²) in [4.78, 5) is 0. The van der Waals surface area contributed by atoms with E-state index in [0.717, 1.165) is 22.6 Å². The Bertz CT molecular complexity index is 573. The maximum Gasteiger partial charge on any atom is 0.0487 e. The number of hydrogen-bond acceptors (Lipinski definition) is 1. The largest absolute Gasteiger partial charge is 0.324 e. The monoisotopic (exact) mass is 273 g/mol. The average molecular weight is 274 g/mol. The second-order valence-electron chi connectivity index (χ2n) is 5.05. The number of halogens is 1. The van der Waals surface area contributed by atoms with Crippen molar-refractivity contribution in [2.75, 3.05) is 0 Å². The van der Waals surface area contributed by atoms with Gasteiger partial charge in [-0.25, -0.2) is 0 Å². The molecule has 2 aromatic carbocycles. The van der Waals surface area contributed by atoms with Gasteiger partial charge in [0.1, 0.15) is 0 Å². The third-order valence-corrected chi connectivity index (χ3v) is 3.99. The van der Waals surface area contributed by atoms with Gasteiger partial charge < -0.3 is 5.73 Å². The van der Waals surface area contributed by atoms with Crippen molar-refractivity contribution in [1.82, 2.24) is 0 Å². The van der Waals surface area contributed by atoms with Gasteiger partial charge in [-0.1, -0.05) is 42.8 Å². The van der Waals surface area contributed by atoms with Gasteiger partial charge in [0.2, 0.25) is 0 Å². The highest BCUT2D eigenvalue weighted by Crippen LogP contribution is 2.31. The molecule has 1 atom stereocenters. The van der Waals surface area contributed by atoms with Gasteiger partial charge >= 0.3 is 0 Å². The van der Waals surface area contributed by atoms with Gasteiger partial charge in [-0.05, 0) is 54.7 Å². The molecule has 2 rings (SSSR count). The highest BCUT2D eigenvalue weighted by Gasteiger charge is 2.08. The normalized spacial score (nSPS) is 12.5. The maximum atomic E-state index is 6.34. The smallest absolute Gasteiger partial charge is 0.0487 e. The highest BCUT2D eigenvalue weighted by molar-refractivity contribution is 6.33. The van der Waals surface area contributed by atoms with Crippen LogP contribution in [0.5, 0.6) is 0 Å². The average Bonchev–Trinajstić information content (AvgIpc) is 2.42. The van der Waals surface area contributed by atoms with E-state index in [9.17, 15) is 0 Å². The minimum atomic E-state index is 0.115. The Balaban J connectivity index is 2.40. The predicted molar refractivity (Wildman–Crippen MR) is 83.6 cm³/mol. The lowest BCUT2D eigenvalue weighted by atomic mass is 9.97. The zero-order chi connectivity index (χ0) is 14.0. The molecule has 0 heterocycles. The molecule has 0 aliphatic carbocycles. The summed E-state index contributed by atoms with van der Waals surface area (Å²) in [5.74, 6) is 0. The van der Waals surface area contributed by atoms with Crippen LogP contribution < -0.4 is 5.73 Å². The molecule has 0 fully saturated rings. The highest BCUT2D eigenvalue weighted by atomic mass is 35.5. The van der Waals surface area contributed by atoms with Crippen LogP contribution in [0.1, 0.15) is 36.1 Å². The lowest BCUT2D eigenvalue weighted by molar-refractivity contribution is 0.699. The summed E-state index contributed by atoms with van der Waals surface area (Å²) in [6, 6.07) is 12.7. The Labute approximate surface area is 120 Å². The molecule has 0 saturated carbocycles. The van der Waals surface area contributed by atoms with Crippen LogP contribution in [0.2, 0.25) is 5.02 Å². The molecule has 0 spiro atoms. The fourth-order valence-corrected chi connectivity index (χ4v) is 2.48. The Morgan fingerprint density at radius 3 is 2.21 bits per heavy atom. The van der Waals surface area contributed by atoms with E-state index >= 15 is 0 Å². The molecule has 19 heavy (non-hydrogen) atoms. The number of nitrogens with two attached hydrogens (primary N) is 1. The zero-order valence-electron chi connectivity index (χ0n) is 11.7. The second-order valence-corrected chi connectivity index (χ2v) is 5.46. The SMILES string of the molecule is CCC(N)c1ccc(-c2cc(C)c(C)cc2Cl)cc1. The second kappa shape index (κ2) is 5.77. The number of aryl methyl sites for hydroxylation is 2. The van der Waals surface area contributed by atoms with Crippen LogP contribution in [-0.2, 0) is 0 Å². The first kappa shape index (κ1) is 14.1. The van der Waals surface area contributed by atoms with Gasteiger partial charge in [-0.15, -0.1) is 0 Å². The van der Waals surface area contributed by atoms with Crippen LogP contribution in [-0.4, -0.2) is 0 Å². The predicted octanol–water partition coefficient (Wildman–Crippen LogP) is 5.03. The minimum absolute atomic E-state index is 0.115. The molecule has 1 unspecified atom stereocenters. The third-order valence-electron chi connectivity index (χ3n) is 3.67. The molecule has 2 aromatic rings. The van der Waals surface area contributed by atoms with Gasteiger partial charge in [0.05, 0.1) is 0 Å². The molecule has 0 radical (unpaired) electrons. The van der Waals surface area contributed by atoms with Crippen LogP contribution in [0, 0.1) is 13.8 Å². The van der Waals surface area contributed by atoms with E-state index < -0.39 is 0 Å². The van der Waals surface area contributed by atoms with E-state index in [1.807, 2.05) is 6.07 Å². The fraction of sp³-hybridized carbons (Fsp3) is 0.294. The van der Waals surface area contributed by atoms with Crippen LogP contribution in [0.3, 0.4) is 0 Å². The Morgan fingerprint density at radius 1 is 1.05 bits per heavy atom. The molecule has 2 heteroatoms. The van der Waals surface area contributed by atoms with E-state index in [2.05, 4.69) is 51.1 Å². The first-order valence-electron chi connectivity index (χ1n) is 6.65. The molecule has 2 N–H and O–H groups in total. The Kier molecular flexibility index (Phi) is 4.28. The first-order valence-corrected chi connectivity index (χ1v) is 7.03. The minimum Gasteiger partial charge on any atom is -0.324 e. The van der Waals surface area contributed by atoms with E-state index in [-0.39, 0.29) is 6.04 Å². The molecule has 1 nitrogen and oxygen atoms in total. The topological polar surface area (TPSA) is 26.0 Å². The Hall–Kier alpha value is -1.31. The van der Waals surface area contributed by atoms with E-state index in [0.29, 0.717) is 0 Å². The summed E-state index contributed by atoms with van der Waals surface area (Å²) in [6.45, 7) is 6.28. The van der Waals surface area contributed by atoms with Crippen molar-refractivity contribution in [2.45, 2.75) is 33.2 Å². The fourth-order valence-electron chi connectivity index (χ4n) is 2.15. The third kappa shape index (κ3) is 2.99. The lowest BCUT2D eigenvalue weighted by Gasteiger charge is -2.12. The van der Waals surface area contributed by atoms with E-state index in [1.54, 1.807) is 0 Å². The van der Waals surface area contributed by atoms with Crippen LogP contribution >= 0.6 is 11.6 Å². The summed E-state index contributed by atoms with van der Waals surface area (Å²) in [6.07, 6.45) is 0.948. The molecule has 0 bridgehead atoms. The van der Waals surface area contributed by atoms with Crippen molar-refractivity contribution in [3.8, 4) is 11.1 Å². The molecule has 0 amide bonds. The summed E-state index contributed by atoms with van der Waals surface area (Å²) in [7, 11) is 0. The lowest BCUT2D eigenvalue weighted by Crippen LogP contribution is -2.08. The van der Waals surface area contributed by atoms with Crippen molar-refractivity contribution in [1.29, 1.82) is 0 Å². The summed E-state index contributed by atoms with van der Waals surface area (Å²) < 4.78 is 0. The van der Waals surface area contributed by atoms with E-state index in [1.165, 1.54) is 16.7 Å². The van der Waals surface area contributed by atoms with Gasteiger partial charge in [-0.2, -0.15) is 0 Å².